The molecule has 5 heteroatoms. The molecule has 2 aliphatic rings. The van der Waals surface area contributed by atoms with Crippen molar-refractivity contribution in [2.75, 3.05) is 25.5 Å². The molecule has 0 unspecified atom stereocenters. The Bertz CT molecular complexity index is 443. The summed E-state index contributed by atoms with van der Waals surface area (Å²) in [4.78, 5) is 8.70. The summed E-state index contributed by atoms with van der Waals surface area (Å²) in [6.45, 7) is 2.58. The zero-order chi connectivity index (χ0) is 13.0. The van der Waals surface area contributed by atoms with Crippen LogP contribution in [0.5, 0.6) is 0 Å². The molecule has 1 spiro atoms. The third-order valence-corrected chi connectivity index (χ3v) is 4.91. The van der Waals surface area contributed by atoms with Crippen LogP contribution in [0.1, 0.15) is 18.4 Å². The van der Waals surface area contributed by atoms with Crippen LogP contribution < -0.4 is 5.32 Å². The van der Waals surface area contributed by atoms with Crippen LogP contribution in [-0.4, -0.2) is 41.2 Å². The van der Waals surface area contributed by atoms with Gasteiger partial charge in [0.1, 0.15) is 0 Å². The maximum atomic E-state index is 5.44. The minimum atomic E-state index is 0.248. The van der Waals surface area contributed by atoms with E-state index in [0.717, 1.165) is 49.9 Å². The van der Waals surface area contributed by atoms with Crippen molar-refractivity contribution < 1.29 is 4.74 Å². The molecule has 0 aromatic carbocycles. The first-order chi connectivity index (χ1) is 9.36. The summed E-state index contributed by atoms with van der Waals surface area (Å²) >= 11 is 1.85. The van der Waals surface area contributed by atoms with Gasteiger partial charge in [-0.1, -0.05) is 11.8 Å². The van der Waals surface area contributed by atoms with E-state index in [4.69, 9.17) is 4.74 Å². The van der Waals surface area contributed by atoms with Crippen LogP contribution in [0.3, 0.4) is 0 Å². The Kier molecular flexibility index (Phi) is 4.03. The summed E-state index contributed by atoms with van der Waals surface area (Å²) in [7, 11) is 0. The van der Waals surface area contributed by atoms with Crippen LogP contribution in [0.25, 0.3) is 0 Å². The topological polar surface area (TPSA) is 46.5 Å². The van der Waals surface area contributed by atoms with Crippen LogP contribution in [0.4, 0.5) is 0 Å². The lowest BCUT2D eigenvalue weighted by atomic mass is 9.93. The second-order valence-electron chi connectivity index (χ2n) is 5.10. The number of pyridine rings is 1. The van der Waals surface area contributed by atoms with Crippen molar-refractivity contribution in [3.8, 4) is 0 Å². The van der Waals surface area contributed by atoms with E-state index in [1.165, 1.54) is 5.56 Å². The summed E-state index contributed by atoms with van der Waals surface area (Å²) < 4.78 is 5.44. The fourth-order valence-corrected chi connectivity index (χ4v) is 3.70. The van der Waals surface area contributed by atoms with Crippen LogP contribution in [0.2, 0.25) is 0 Å². The summed E-state index contributed by atoms with van der Waals surface area (Å²) in [5.74, 6) is 1.13. The molecule has 4 nitrogen and oxygen atoms in total. The Labute approximate surface area is 118 Å². The first kappa shape index (κ1) is 12.9. The first-order valence-electron chi connectivity index (χ1n) is 6.78. The number of hydrogen-bond acceptors (Lipinski definition) is 4. The summed E-state index contributed by atoms with van der Waals surface area (Å²) in [5, 5.41) is 4.72. The lowest BCUT2D eigenvalue weighted by Crippen LogP contribution is -2.48. The highest BCUT2D eigenvalue weighted by atomic mass is 32.2. The number of thioether (sulfide) groups is 1. The number of nitrogens with zero attached hydrogens (tertiary/aromatic N) is 2. The molecule has 1 aromatic heterocycles. The van der Waals surface area contributed by atoms with Crippen molar-refractivity contribution in [3.05, 3.63) is 30.1 Å². The van der Waals surface area contributed by atoms with Gasteiger partial charge in [0, 0.05) is 37.9 Å². The number of aromatic nitrogens is 1. The van der Waals surface area contributed by atoms with Gasteiger partial charge in [0.05, 0.1) is 5.54 Å². The average molecular weight is 277 g/mol. The Balaban J connectivity index is 1.52. The zero-order valence-electron chi connectivity index (χ0n) is 11.0. The van der Waals surface area contributed by atoms with Gasteiger partial charge in [0.25, 0.3) is 0 Å². The molecule has 3 heterocycles. The predicted octanol–water partition coefficient (Wildman–Crippen LogP) is 1.87. The van der Waals surface area contributed by atoms with Gasteiger partial charge in [-0.15, -0.1) is 0 Å². The number of rotatable bonds is 3. The average Bonchev–Trinajstić information content (AvgIpc) is 2.84. The van der Waals surface area contributed by atoms with Gasteiger partial charge in [-0.25, -0.2) is 0 Å². The molecule has 19 heavy (non-hydrogen) atoms. The minimum absolute atomic E-state index is 0.248. The third-order valence-electron chi connectivity index (χ3n) is 3.71. The molecule has 2 aliphatic heterocycles. The SMILES string of the molecule is c1cc(CCN=C2NC3(CCOCC3)CS2)ccn1. The Morgan fingerprint density at radius 2 is 2.11 bits per heavy atom. The van der Waals surface area contributed by atoms with Crippen molar-refractivity contribution in [3.63, 3.8) is 0 Å². The molecule has 1 aromatic rings. The van der Waals surface area contributed by atoms with Gasteiger partial charge in [-0.3, -0.25) is 9.98 Å². The largest absolute Gasteiger partial charge is 0.381 e. The fraction of sp³-hybridized carbons (Fsp3) is 0.571. The lowest BCUT2D eigenvalue weighted by Gasteiger charge is -2.32. The van der Waals surface area contributed by atoms with E-state index in [2.05, 4.69) is 27.4 Å². The van der Waals surface area contributed by atoms with E-state index in [9.17, 15) is 0 Å². The van der Waals surface area contributed by atoms with E-state index in [1.807, 2.05) is 24.2 Å². The van der Waals surface area contributed by atoms with E-state index in [0.29, 0.717) is 0 Å². The van der Waals surface area contributed by atoms with Crippen molar-refractivity contribution in [1.29, 1.82) is 0 Å². The zero-order valence-corrected chi connectivity index (χ0v) is 11.8. The number of hydrogen-bond donors (Lipinski definition) is 1. The Morgan fingerprint density at radius 3 is 2.89 bits per heavy atom. The van der Waals surface area contributed by atoms with Gasteiger partial charge in [0.15, 0.2) is 5.17 Å². The molecule has 0 bridgehead atoms. The maximum absolute atomic E-state index is 5.44. The normalized spacial score (nSPS) is 23.7. The van der Waals surface area contributed by atoms with Crippen molar-refractivity contribution in [2.45, 2.75) is 24.8 Å². The van der Waals surface area contributed by atoms with Crippen molar-refractivity contribution in [2.24, 2.45) is 4.99 Å². The minimum Gasteiger partial charge on any atom is -0.381 e. The molecule has 102 valence electrons. The van der Waals surface area contributed by atoms with Crippen LogP contribution in [0.15, 0.2) is 29.5 Å². The molecule has 1 N–H and O–H groups in total. The molecule has 3 rings (SSSR count). The smallest absolute Gasteiger partial charge is 0.157 e. The molecular weight excluding hydrogens is 258 g/mol. The van der Waals surface area contributed by atoms with Crippen LogP contribution >= 0.6 is 11.8 Å². The van der Waals surface area contributed by atoms with Crippen molar-refractivity contribution in [1.82, 2.24) is 10.3 Å². The van der Waals surface area contributed by atoms with Gasteiger partial charge < -0.3 is 10.1 Å². The monoisotopic (exact) mass is 277 g/mol. The Morgan fingerprint density at radius 1 is 1.32 bits per heavy atom. The predicted molar refractivity (Wildman–Crippen MR) is 78.6 cm³/mol. The molecule has 2 fully saturated rings. The Hall–Kier alpha value is -1.07. The number of aliphatic imine (C=N–C) groups is 1. The molecule has 0 aliphatic carbocycles. The quantitative estimate of drug-likeness (QED) is 0.916. The highest BCUT2D eigenvalue weighted by Gasteiger charge is 2.38. The van der Waals surface area contributed by atoms with E-state index >= 15 is 0 Å². The van der Waals surface area contributed by atoms with E-state index in [-0.39, 0.29) is 5.54 Å². The highest BCUT2D eigenvalue weighted by Crippen LogP contribution is 2.31. The summed E-state index contributed by atoms with van der Waals surface area (Å²) in [6, 6.07) is 4.10. The number of amidine groups is 1. The number of nitrogens with one attached hydrogen (secondary N) is 1. The second-order valence-corrected chi connectivity index (χ2v) is 6.06. The molecule has 0 amide bonds. The second kappa shape index (κ2) is 5.92. The molecule has 0 radical (unpaired) electrons. The van der Waals surface area contributed by atoms with Gasteiger partial charge in [-0.05, 0) is 37.0 Å². The molecule has 0 saturated carbocycles. The standard InChI is InChI=1S/C14H19N3OS/c1-6-15-7-2-12(1)3-8-16-13-17-14(11-19-13)4-9-18-10-5-14/h1-2,6-7H,3-5,8-11H2,(H,16,17). The molecular formula is C14H19N3OS. The van der Waals surface area contributed by atoms with Crippen LogP contribution in [0, 0.1) is 0 Å². The molecule has 0 atom stereocenters. The van der Waals surface area contributed by atoms with E-state index in [1.54, 1.807) is 0 Å². The third kappa shape index (κ3) is 3.28. The van der Waals surface area contributed by atoms with Crippen molar-refractivity contribution >= 4 is 16.9 Å². The summed E-state index contributed by atoms with van der Waals surface area (Å²) in [5.41, 5.74) is 1.54. The van der Waals surface area contributed by atoms with E-state index < -0.39 is 0 Å². The molecule has 2 saturated heterocycles. The maximum Gasteiger partial charge on any atom is 0.157 e. The van der Waals surface area contributed by atoms with Gasteiger partial charge >= 0.3 is 0 Å². The lowest BCUT2D eigenvalue weighted by molar-refractivity contribution is 0.0555. The first-order valence-corrected chi connectivity index (χ1v) is 7.77. The highest BCUT2D eigenvalue weighted by molar-refractivity contribution is 8.14. The van der Waals surface area contributed by atoms with Crippen LogP contribution in [-0.2, 0) is 11.2 Å². The number of ether oxygens (including phenoxy) is 1. The van der Waals surface area contributed by atoms with Gasteiger partial charge in [-0.2, -0.15) is 0 Å². The van der Waals surface area contributed by atoms with Gasteiger partial charge in [0.2, 0.25) is 0 Å². The summed E-state index contributed by atoms with van der Waals surface area (Å²) in [6.07, 6.45) is 6.85. The fourth-order valence-electron chi connectivity index (χ4n) is 2.46.